The number of aryl methyl sites for hydroxylation is 3. The molecule has 0 aliphatic rings. The zero-order valence-electron chi connectivity index (χ0n) is 20.3. The summed E-state index contributed by atoms with van der Waals surface area (Å²) in [4.78, 5) is 14.7. The summed E-state index contributed by atoms with van der Waals surface area (Å²) in [5.74, 6) is -0.365. The van der Waals surface area contributed by atoms with Crippen LogP contribution >= 0.6 is 11.8 Å². The minimum atomic E-state index is -3.93. The fourth-order valence-corrected chi connectivity index (χ4v) is 6.22. The first-order valence-electron chi connectivity index (χ1n) is 11.2. The number of carbonyl (C=O) groups is 1. The van der Waals surface area contributed by atoms with Gasteiger partial charge >= 0.3 is 0 Å². The molecule has 0 bridgehead atoms. The van der Waals surface area contributed by atoms with Crippen LogP contribution in [-0.4, -0.2) is 26.6 Å². The highest BCUT2D eigenvalue weighted by Gasteiger charge is 2.29. The number of rotatable bonds is 9. The van der Waals surface area contributed by atoms with Crippen molar-refractivity contribution in [2.24, 2.45) is 0 Å². The molecule has 0 saturated heterocycles. The predicted molar refractivity (Wildman–Crippen MR) is 140 cm³/mol. The van der Waals surface area contributed by atoms with E-state index in [1.165, 1.54) is 0 Å². The number of hydrogen-bond donors (Lipinski definition) is 2. The van der Waals surface area contributed by atoms with Gasteiger partial charge in [-0.15, -0.1) is 11.8 Å². The molecule has 0 aliphatic carbocycles. The first kappa shape index (κ1) is 26.0. The average molecular weight is 497 g/mol. The van der Waals surface area contributed by atoms with Gasteiger partial charge in [0.15, 0.2) is 0 Å². The van der Waals surface area contributed by atoms with Gasteiger partial charge in [0, 0.05) is 4.90 Å². The summed E-state index contributed by atoms with van der Waals surface area (Å²) in [6.45, 7) is 7.39. The van der Waals surface area contributed by atoms with Crippen LogP contribution in [0.4, 0.5) is 0 Å². The third-order valence-corrected chi connectivity index (χ3v) is 8.26. The van der Waals surface area contributed by atoms with E-state index in [1.807, 2.05) is 86.8 Å². The molecule has 1 amide bonds. The summed E-state index contributed by atoms with van der Waals surface area (Å²) in [5.41, 5.74) is 4.14. The number of sulfonamides is 1. The molecule has 3 aromatic carbocycles. The Hall–Kier alpha value is -2.61. The van der Waals surface area contributed by atoms with Crippen LogP contribution in [0.15, 0.2) is 76.5 Å². The lowest BCUT2D eigenvalue weighted by Gasteiger charge is -2.23. The Labute approximate surface area is 207 Å². The van der Waals surface area contributed by atoms with Crippen LogP contribution in [0.2, 0.25) is 0 Å². The summed E-state index contributed by atoms with van der Waals surface area (Å²) >= 11 is 1.65. The van der Waals surface area contributed by atoms with Gasteiger partial charge in [-0.2, -0.15) is 4.72 Å². The van der Waals surface area contributed by atoms with Crippen molar-refractivity contribution in [2.45, 2.75) is 56.0 Å². The summed E-state index contributed by atoms with van der Waals surface area (Å²) < 4.78 is 29.5. The zero-order valence-corrected chi connectivity index (χ0v) is 21.9. The van der Waals surface area contributed by atoms with E-state index in [1.54, 1.807) is 25.6 Å². The van der Waals surface area contributed by atoms with Crippen LogP contribution in [-0.2, 0) is 21.2 Å². The van der Waals surface area contributed by atoms with E-state index in [0.717, 1.165) is 21.6 Å². The monoisotopic (exact) mass is 496 g/mol. The molecule has 3 aromatic rings. The maximum atomic E-state index is 13.4. The first-order valence-corrected chi connectivity index (χ1v) is 13.9. The molecule has 5 nitrogen and oxygen atoms in total. The van der Waals surface area contributed by atoms with Crippen LogP contribution in [0.25, 0.3) is 0 Å². The largest absolute Gasteiger partial charge is 0.348 e. The highest BCUT2D eigenvalue weighted by atomic mass is 32.2. The van der Waals surface area contributed by atoms with Gasteiger partial charge in [0.25, 0.3) is 0 Å². The highest BCUT2D eigenvalue weighted by Crippen LogP contribution is 2.23. The second-order valence-corrected chi connectivity index (χ2v) is 11.1. The van der Waals surface area contributed by atoms with Crippen molar-refractivity contribution in [1.29, 1.82) is 0 Å². The molecule has 2 atom stereocenters. The first-order chi connectivity index (χ1) is 16.1. The van der Waals surface area contributed by atoms with Crippen LogP contribution in [0, 0.1) is 20.8 Å². The van der Waals surface area contributed by atoms with Crippen LogP contribution in [0.3, 0.4) is 0 Å². The Morgan fingerprint density at radius 3 is 2.09 bits per heavy atom. The van der Waals surface area contributed by atoms with Gasteiger partial charge in [0.05, 0.1) is 10.9 Å². The molecule has 0 aromatic heterocycles. The van der Waals surface area contributed by atoms with Crippen LogP contribution in [0.5, 0.6) is 0 Å². The quantitative estimate of drug-likeness (QED) is 0.404. The lowest BCUT2D eigenvalue weighted by atomic mass is 10.0. The van der Waals surface area contributed by atoms with Gasteiger partial charge in [-0.25, -0.2) is 8.42 Å². The van der Waals surface area contributed by atoms with Crippen molar-refractivity contribution in [3.8, 4) is 0 Å². The molecular formula is C27H32N2O3S2. The van der Waals surface area contributed by atoms with Crippen molar-refractivity contribution in [3.63, 3.8) is 0 Å². The van der Waals surface area contributed by atoms with Gasteiger partial charge in [-0.1, -0.05) is 60.2 Å². The second kappa shape index (κ2) is 11.2. The molecular weight excluding hydrogens is 464 g/mol. The van der Waals surface area contributed by atoms with E-state index in [0.29, 0.717) is 11.1 Å². The van der Waals surface area contributed by atoms with E-state index >= 15 is 0 Å². The zero-order chi connectivity index (χ0) is 24.9. The van der Waals surface area contributed by atoms with Gasteiger partial charge < -0.3 is 5.32 Å². The number of carbonyl (C=O) groups excluding carboxylic acids is 1. The summed E-state index contributed by atoms with van der Waals surface area (Å²) in [7, 11) is -3.93. The Bertz CT molecular complexity index is 1220. The number of thioether (sulfide) groups is 1. The molecule has 0 fully saturated rings. The minimum Gasteiger partial charge on any atom is -0.348 e. The average Bonchev–Trinajstić information content (AvgIpc) is 2.78. The molecule has 0 aliphatic heterocycles. The molecule has 0 unspecified atom stereocenters. The van der Waals surface area contributed by atoms with E-state index in [-0.39, 0.29) is 23.3 Å². The summed E-state index contributed by atoms with van der Waals surface area (Å²) in [5, 5.41) is 2.99. The molecule has 2 N–H and O–H groups in total. The van der Waals surface area contributed by atoms with Gasteiger partial charge in [-0.05, 0) is 74.8 Å². The fourth-order valence-electron chi connectivity index (χ4n) is 4.16. The smallest absolute Gasteiger partial charge is 0.241 e. The van der Waals surface area contributed by atoms with E-state index in [4.69, 9.17) is 0 Å². The van der Waals surface area contributed by atoms with Gasteiger partial charge in [0.1, 0.15) is 6.04 Å². The van der Waals surface area contributed by atoms with Crippen molar-refractivity contribution >= 4 is 27.7 Å². The second-order valence-electron chi connectivity index (χ2n) is 8.59. The third-order valence-electron chi connectivity index (χ3n) is 5.74. The van der Waals surface area contributed by atoms with Crippen LogP contribution in [0.1, 0.15) is 40.8 Å². The topological polar surface area (TPSA) is 75.3 Å². The maximum absolute atomic E-state index is 13.4. The van der Waals surface area contributed by atoms with Gasteiger partial charge in [0.2, 0.25) is 15.9 Å². The molecule has 0 radical (unpaired) electrons. The molecule has 0 spiro atoms. The molecule has 0 saturated carbocycles. The lowest BCUT2D eigenvalue weighted by Crippen LogP contribution is -2.48. The molecule has 34 heavy (non-hydrogen) atoms. The standard InChI is InChI=1S/C27H32N2O3S2/c1-18-15-19(2)26(20(3)16-18)34(31,32)29-25(17-22-9-7-6-8-10-22)27(30)28-21(4)23-11-13-24(33-5)14-12-23/h6-16,21,25,29H,17H2,1-5H3,(H,28,30)/t21-,25-/m1/s1. The van der Waals surface area contributed by atoms with Crippen molar-refractivity contribution in [2.75, 3.05) is 6.26 Å². The normalized spacial score (nSPS) is 13.3. The Kier molecular flexibility index (Phi) is 8.57. The van der Waals surface area contributed by atoms with Crippen LogP contribution < -0.4 is 10.0 Å². The maximum Gasteiger partial charge on any atom is 0.241 e. The Morgan fingerprint density at radius 1 is 0.941 bits per heavy atom. The lowest BCUT2D eigenvalue weighted by molar-refractivity contribution is -0.123. The summed E-state index contributed by atoms with van der Waals surface area (Å²) in [6.07, 6.45) is 2.26. The molecule has 180 valence electrons. The fraction of sp³-hybridized carbons (Fsp3) is 0.296. The predicted octanol–water partition coefficient (Wildman–Crippen LogP) is 5.10. The number of amides is 1. The highest BCUT2D eigenvalue weighted by molar-refractivity contribution is 7.98. The third kappa shape index (κ3) is 6.50. The van der Waals surface area contributed by atoms with Crippen molar-refractivity contribution in [1.82, 2.24) is 10.0 Å². The molecule has 0 heterocycles. The van der Waals surface area contributed by atoms with Gasteiger partial charge in [-0.3, -0.25) is 4.79 Å². The van der Waals surface area contributed by atoms with E-state index in [9.17, 15) is 13.2 Å². The minimum absolute atomic E-state index is 0.227. The SMILES string of the molecule is CSc1ccc([C@@H](C)NC(=O)[C@@H](Cc2ccccc2)NS(=O)(=O)c2c(C)cc(C)cc2C)cc1. The van der Waals surface area contributed by atoms with E-state index in [2.05, 4.69) is 10.0 Å². The molecule has 3 rings (SSSR count). The number of nitrogens with one attached hydrogen (secondary N) is 2. The Balaban J connectivity index is 1.88. The molecule has 7 heteroatoms. The number of hydrogen-bond acceptors (Lipinski definition) is 4. The van der Waals surface area contributed by atoms with Crippen molar-refractivity contribution < 1.29 is 13.2 Å². The van der Waals surface area contributed by atoms with E-state index < -0.39 is 16.1 Å². The summed E-state index contributed by atoms with van der Waals surface area (Å²) in [6, 6.07) is 19.9. The van der Waals surface area contributed by atoms with Crippen molar-refractivity contribution in [3.05, 3.63) is 94.5 Å². The number of benzene rings is 3. The Morgan fingerprint density at radius 2 is 1.53 bits per heavy atom.